The molecule has 106 valence electrons. The molecular weight excluding hydrogens is 242 g/mol. The van der Waals surface area contributed by atoms with Crippen molar-refractivity contribution in [3.8, 4) is 0 Å². The molecule has 1 amide bonds. The highest BCUT2D eigenvalue weighted by molar-refractivity contribution is 5.76. The van der Waals surface area contributed by atoms with Crippen molar-refractivity contribution in [1.29, 1.82) is 0 Å². The first kappa shape index (κ1) is 14.0. The number of rotatable bonds is 5. The molecule has 1 aliphatic heterocycles. The highest BCUT2D eigenvalue weighted by Crippen LogP contribution is 2.24. The molecule has 0 saturated heterocycles. The summed E-state index contributed by atoms with van der Waals surface area (Å²) in [6, 6.07) is 0.0121. The lowest BCUT2D eigenvalue weighted by Gasteiger charge is -2.23. The fraction of sp³-hybridized carbons (Fsp3) is 0.769. The van der Waals surface area contributed by atoms with E-state index in [2.05, 4.69) is 34.6 Å². The minimum absolute atomic E-state index is 0.0121. The number of carbonyl (C=O) groups excluding carboxylic acids is 1. The zero-order valence-electron chi connectivity index (χ0n) is 11.9. The van der Waals surface area contributed by atoms with Crippen LogP contribution >= 0.6 is 0 Å². The summed E-state index contributed by atoms with van der Waals surface area (Å²) in [6.07, 6.45) is 2.48. The molecule has 6 heteroatoms. The van der Waals surface area contributed by atoms with E-state index in [1.807, 2.05) is 11.7 Å². The Labute approximate surface area is 114 Å². The molecule has 1 aliphatic rings. The van der Waals surface area contributed by atoms with Crippen LogP contribution in [0, 0.1) is 0 Å². The number of aryl methyl sites for hydroxylation is 1. The summed E-state index contributed by atoms with van der Waals surface area (Å²) < 4.78 is 1.95. The van der Waals surface area contributed by atoms with Gasteiger partial charge in [0.05, 0.1) is 6.04 Å². The molecule has 6 nitrogen and oxygen atoms in total. The van der Waals surface area contributed by atoms with E-state index in [0.29, 0.717) is 18.9 Å². The van der Waals surface area contributed by atoms with Crippen molar-refractivity contribution in [3.63, 3.8) is 0 Å². The minimum atomic E-state index is 0.0121. The number of aromatic nitrogens is 3. The van der Waals surface area contributed by atoms with E-state index in [-0.39, 0.29) is 11.9 Å². The molecule has 0 spiro atoms. The number of fused-ring (bicyclic) bond motifs is 1. The average Bonchev–Trinajstić information content (AvgIpc) is 2.81. The Morgan fingerprint density at radius 1 is 1.53 bits per heavy atom. The van der Waals surface area contributed by atoms with Gasteiger partial charge in [0.2, 0.25) is 5.91 Å². The van der Waals surface area contributed by atoms with Gasteiger partial charge in [-0.3, -0.25) is 4.79 Å². The maximum absolute atomic E-state index is 11.8. The molecule has 0 aliphatic carbocycles. The number of hydrogen-bond acceptors (Lipinski definition) is 4. The van der Waals surface area contributed by atoms with Crippen LogP contribution in [0.15, 0.2) is 0 Å². The molecule has 0 fully saturated rings. The van der Waals surface area contributed by atoms with Gasteiger partial charge in [-0.25, -0.2) is 9.67 Å². The van der Waals surface area contributed by atoms with Gasteiger partial charge in [-0.1, -0.05) is 13.8 Å². The topological polar surface area (TPSA) is 71.8 Å². The zero-order valence-corrected chi connectivity index (χ0v) is 11.9. The third kappa shape index (κ3) is 3.32. The van der Waals surface area contributed by atoms with Crippen LogP contribution in [0.25, 0.3) is 0 Å². The Hall–Kier alpha value is -1.43. The fourth-order valence-corrected chi connectivity index (χ4v) is 2.26. The lowest BCUT2D eigenvalue weighted by atomic mass is 10.1. The summed E-state index contributed by atoms with van der Waals surface area (Å²) in [5.41, 5.74) is 0. The Bertz CT molecular complexity index is 440. The molecule has 1 atom stereocenters. The van der Waals surface area contributed by atoms with Crippen LogP contribution in [0.2, 0.25) is 0 Å². The summed E-state index contributed by atoms with van der Waals surface area (Å²) in [7, 11) is 1.85. The summed E-state index contributed by atoms with van der Waals surface area (Å²) >= 11 is 0. The van der Waals surface area contributed by atoms with Crippen LogP contribution in [-0.4, -0.2) is 34.3 Å². The largest absolute Gasteiger partial charge is 0.346 e. The normalized spacial score (nSPS) is 18.4. The molecular formula is C13H23N5O. The van der Waals surface area contributed by atoms with E-state index in [1.165, 1.54) is 0 Å². The quantitative estimate of drug-likeness (QED) is 0.832. The SMILES string of the molecule is CNCCC(=O)NC1CCCn2nc(C(C)C)nc21. The molecule has 2 heterocycles. The van der Waals surface area contributed by atoms with Gasteiger partial charge in [0.15, 0.2) is 5.82 Å². The van der Waals surface area contributed by atoms with Gasteiger partial charge >= 0.3 is 0 Å². The van der Waals surface area contributed by atoms with Gasteiger partial charge in [0.25, 0.3) is 0 Å². The van der Waals surface area contributed by atoms with E-state index in [1.54, 1.807) is 0 Å². The van der Waals surface area contributed by atoms with Crippen molar-refractivity contribution in [1.82, 2.24) is 25.4 Å². The molecule has 0 saturated carbocycles. The van der Waals surface area contributed by atoms with Crippen molar-refractivity contribution < 1.29 is 4.79 Å². The molecule has 2 rings (SSSR count). The average molecular weight is 265 g/mol. The van der Waals surface area contributed by atoms with Gasteiger partial charge in [-0.15, -0.1) is 0 Å². The lowest BCUT2D eigenvalue weighted by molar-refractivity contribution is -0.121. The van der Waals surface area contributed by atoms with E-state index in [9.17, 15) is 4.79 Å². The fourth-order valence-electron chi connectivity index (χ4n) is 2.26. The maximum Gasteiger partial charge on any atom is 0.221 e. The number of amides is 1. The third-order valence-electron chi connectivity index (χ3n) is 3.34. The number of hydrogen-bond donors (Lipinski definition) is 2. The van der Waals surface area contributed by atoms with Crippen LogP contribution in [0.1, 0.15) is 56.7 Å². The smallest absolute Gasteiger partial charge is 0.221 e. The van der Waals surface area contributed by atoms with Crippen LogP contribution < -0.4 is 10.6 Å². The molecule has 0 radical (unpaired) electrons. The number of nitrogens with one attached hydrogen (secondary N) is 2. The Morgan fingerprint density at radius 2 is 2.32 bits per heavy atom. The summed E-state index contributed by atoms with van der Waals surface area (Å²) in [5, 5.41) is 10.6. The van der Waals surface area contributed by atoms with Crippen LogP contribution in [0.3, 0.4) is 0 Å². The van der Waals surface area contributed by atoms with Gasteiger partial charge in [-0.05, 0) is 19.9 Å². The standard InChI is InChI=1S/C13H23N5O/c1-9(2)12-16-13-10(5-4-8-18(13)17-12)15-11(19)6-7-14-3/h9-10,14H,4-8H2,1-3H3,(H,15,19). The van der Waals surface area contributed by atoms with Crippen molar-refractivity contribution in [3.05, 3.63) is 11.6 Å². The molecule has 0 bridgehead atoms. The molecule has 0 aromatic carbocycles. The molecule has 19 heavy (non-hydrogen) atoms. The van der Waals surface area contributed by atoms with Crippen molar-refractivity contribution in [2.24, 2.45) is 0 Å². The highest BCUT2D eigenvalue weighted by atomic mass is 16.1. The maximum atomic E-state index is 11.8. The van der Waals surface area contributed by atoms with Gasteiger partial charge in [-0.2, -0.15) is 5.10 Å². The van der Waals surface area contributed by atoms with Gasteiger partial charge < -0.3 is 10.6 Å². The van der Waals surface area contributed by atoms with Gasteiger partial charge in [0.1, 0.15) is 5.82 Å². The Kier molecular flexibility index (Phi) is 4.52. The highest BCUT2D eigenvalue weighted by Gasteiger charge is 2.26. The second-order valence-corrected chi connectivity index (χ2v) is 5.32. The second kappa shape index (κ2) is 6.14. The van der Waals surface area contributed by atoms with E-state index < -0.39 is 0 Å². The Morgan fingerprint density at radius 3 is 3.00 bits per heavy atom. The predicted octanol–water partition coefficient (Wildman–Crippen LogP) is 0.962. The van der Waals surface area contributed by atoms with E-state index >= 15 is 0 Å². The summed E-state index contributed by atoms with van der Waals surface area (Å²) in [5.74, 6) is 2.17. The zero-order chi connectivity index (χ0) is 13.8. The second-order valence-electron chi connectivity index (χ2n) is 5.32. The third-order valence-corrected chi connectivity index (χ3v) is 3.34. The lowest BCUT2D eigenvalue weighted by Crippen LogP contribution is -2.34. The van der Waals surface area contributed by atoms with Crippen molar-refractivity contribution in [2.75, 3.05) is 13.6 Å². The number of carbonyl (C=O) groups is 1. The minimum Gasteiger partial charge on any atom is -0.346 e. The van der Waals surface area contributed by atoms with Gasteiger partial charge in [0, 0.05) is 25.4 Å². The van der Waals surface area contributed by atoms with Crippen molar-refractivity contribution >= 4 is 5.91 Å². The van der Waals surface area contributed by atoms with E-state index in [0.717, 1.165) is 31.0 Å². The van der Waals surface area contributed by atoms with Crippen molar-refractivity contribution in [2.45, 2.75) is 51.6 Å². The molecule has 2 N–H and O–H groups in total. The van der Waals surface area contributed by atoms with E-state index in [4.69, 9.17) is 0 Å². The molecule has 1 unspecified atom stereocenters. The van der Waals surface area contributed by atoms with Crippen LogP contribution in [0.4, 0.5) is 0 Å². The molecule has 1 aromatic rings. The first-order valence-electron chi connectivity index (χ1n) is 7.00. The first-order chi connectivity index (χ1) is 9.11. The summed E-state index contributed by atoms with van der Waals surface area (Å²) in [6.45, 7) is 5.77. The predicted molar refractivity (Wildman–Crippen MR) is 72.8 cm³/mol. The monoisotopic (exact) mass is 265 g/mol. The van der Waals surface area contributed by atoms with Crippen LogP contribution in [-0.2, 0) is 11.3 Å². The Balaban J connectivity index is 2.06. The summed E-state index contributed by atoms with van der Waals surface area (Å²) in [4.78, 5) is 16.4. The number of nitrogens with zero attached hydrogens (tertiary/aromatic N) is 3. The molecule has 1 aromatic heterocycles. The first-order valence-corrected chi connectivity index (χ1v) is 7.00. The van der Waals surface area contributed by atoms with Crippen LogP contribution in [0.5, 0.6) is 0 Å².